The van der Waals surface area contributed by atoms with E-state index in [1.165, 1.54) is 0 Å². The van der Waals surface area contributed by atoms with Gasteiger partial charge in [-0.15, -0.1) is 0 Å². The van der Waals surface area contributed by atoms with Gasteiger partial charge in [-0.3, -0.25) is 9.59 Å². The fourth-order valence-corrected chi connectivity index (χ4v) is 3.86. The minimum absolute atomic E-state index is 0.0160. The van der Waals surface area contributed by atoms with Gasteiger partial charge < -0.3 is 15.4 Å². The summed E-state index contributed by atoms with van der Waals surface area (Å²) in [6.45, 7) is 4.46. The van der Waals surface area contributed by atoms with Gasteiger partial charge in [0.15, 0.2) is 5.65 Å². The van der Waals surface area contributed by atoms with E-state index in [4.69, 9.17) is 4.74 Å². The van der Waals surface area contributed by atoms with E-state index in [2.05, 4.69) is 20.7 Å². The molecule has 0 saturated carbocycles. The average molecular weight is 357 g/mol. The number of rotatable bonds is 3. The van der Waals surface area contributed by atoms with E-state index in [0.29, 0.717) is 25.0 Å². The van der Waals surface area contributed by atoms with E-state index >= 15 is 0 Å². The summed E-state index contributed by atoms with van der Waals surface area (Å²) in [5, 5.41) is 10.5. The molecule has 8 nitrogen and oxygen atoms in total. The van der Waals surface area contributed by atoms with Gasteiger partial charge in [0.2, 0.25) is 5.91 Å². The van der Waals surface area contributed by atoms with Crippen molar-refractivity contribution in [3.63, 3.8) is 0 Å². The molecule has 1 unspecified atom stereocenters. The summed E-state index contributed by atoms with van der Waals surface area (Å²) < 4.78 is 7.43. The van der Waals surface area contributed by atoms with Crippen molar-refractivity contribution in [1.29, 1.82) is 0 Å². The summed E-state index contributed by atoms with van der Waals surface area (Å²) >= 11 is 0. The maximum atomic E-state index is 12.9. The smallest absolute Gasteiger partial charge is 0.254 e. The van der Waals surface area contributed by atoms with Crippen molar-refractivity contribution in [3.8, 4) is 0 Å². The lowest BCUT2D eigenvalue weighted by molar-refractivity contribution is -0.125. The molecule has 0 spiro atoms. The zero-order valence-corrected chi connectivity index (χ0v) is 15.0. The van der Waals surface area contributed by atoms with Crippen molar-refractivity contribution < 1.29 is 14.3 Å². The summed E-state index contributed by atoms with van der Waals surface area (Å²) in [7, 11) is 0. The van der Waals surface area contributed by atoms with E-state index in [1.807, 2.05) is 19.9 Å². The Labute approximate surface area is 151 Å². The number of carbonyl (C=O) groups is 2. The maximum absolute atomic E-state index is 12.9. The lowest BCUT2D eigenvalue weighted by Gasteiger charge is -2.36. The first-order valence-electron chi connectivity index (χ1n) is 9.07. The summed E-state index contributed by atoms with van der Waals surface area (Å²) in [6, 6.07) is 1.53. The molecule has 2 fully saturated rings. The van der Waals surface area contributed by atoms with Crippen LogP contribution < -0.4 is 10.6 Å². The second-order valence-corrected chi connectivity index (χ2v) is 7.08. The number of hydrogen-bond acceptors (Lipinski definition) is 5. The van der Waals surface area contributed by atoms with Crippen LogP contribution in [-0.4, -0.2) is 51.2 Å². The first-order valence-corrected chi connectivity index (χ1v) is 9.07. The third-order valence-corrected chi connectivity index (χ3v) is 5.22. The fourth-order valence-electron chi connectivity index (χ4n) is 3.86. The third-order valence-electron chi connectivity index (χ3n) is 5.22. The van der Waals surface area contributed by atoms with E-state index in [1.54, 1.807) is 10.7 Å². The zero-order chi connectivity index (χ0) is 18.3. The summed E-state index contributed by atoms with van der Waals surface area (Å²) in [5.41, 5.74) is 2.81. The summed E-state index contributed by atoms with van der Waals surface area (Å²) in [6.07, 6.45) is 4.44. The van der Waals surface area contributed by atoms with Gasteiger partial charge in [-0.25, -0.2) is 9.50 Å². The lowest BCUT2D eigenvalue weighted by atomic mass is 9.92. The number of carbonyl (C=O) groups excluding carboxylic acids is 2. The molecule has 0 aliphatic carbocycles. The first kappa shape index (κ1) is 17.0. The van der Waals surface area contributed by atoms with Crippen LogP contribution in [-0.2, 0) is 9.53 Å². The van der Waals surface area contributed by atoms with Crippen LogP contribution in [0.5, 0.6) is 0 Å². The van der Waals surface area contributed by atoms with Gasteiger partial charge in [-0.2, -0.15) is 5.10 Å². The second kappa shape index (κ2) is 6.68. The lowest BCUT2D eigenvalue weighted by Crippen LogP contribution is -2.60. The summed E-state index contributed by atoms with van der Waals surface area (Å²) in [5.74, 6) is -0.184. The highest BCUT2D eigenvalue weighted by atomic mass is 16.5. The van der Waals surface area contributed by atoms with Crippen molar-refractivity contribution in [2.75, 3.05) is 6.61 Å². The molecule has 0 radical (unpaired) electrons. The molecule has 2 aliphatic rings. The number of fused-ring (bicyclic) bond motifs is 1. The standard InChI is InChI=1S/C18H23N5O3/c1-10-8-15-19-9-12(11(2)23(15)22-10)18(25)20-13-5-6-16(24)21-17(13)14-4-3-7-26-14/h8-9,13-14,17H,3-7H2,1-2H3,(H,20,25)(H,21,24)/t13-,14?,17-/m0/s1. The second-order valence-electron chi connectivity index (χ2n) is 7.08. The Morgan fingerprint density at radius 3 is 3.00 bits per heavy atom. The van der Waals surface area contributed by atoms with Gasteiger partial charge in [-0.05, 0) is 33.1 Å². The number of aryl methyl sites for hydroxylation is 2. The Bertz CT molecular complexity index is 856. The Hall–Kier alpha value is -2.48. The number of piperidine rings is 1. The number of nitrogens with zero attached hydrogens (tertiary/aromatic N) is 3. The normalized spacial score (nSPS) is 26.1. The van der Waals surface area contributed by atoms with Crippen LogP contribution in [0.1, 0.15) is 47.4 Å². The van der Waals surface area contributed by atoms with E-state index in [-0.39, 0.29) is 30.0 Å². The van der Waals surface area contributed by atoms with Gasteiger partial charge in [0, 0.05) is 25.3 Å². The SMILES string of the molecule is Cc1cc2ncc(C(=O)N[C@H]3CCC(=O)N[C@@H]3C3CCCO3)c(C)n2n1. The molecule has 2 aromatic rings. The molecule has 2 N–H and O–H groups in total. The van der Waals surface area contributed by atoms with E-state index < -0.39 is 0 Å². The van der Waals surface area contributed by atoms with Crippen molar-refractivity contribution in [2.24, 2.45) is 0 Å². The number of amides is 2. The summed E-state index contributed by atoms with van der Waals surface area (Å²) in [4.78, 5) is 29.0. The van der Waals surface area contributed by atoms with Gasteiger partial charge >= 0.3 is 0 Å². The van der Waals surface area contributed by atoms with Gasteiger partial charge in [0.1, 0.15) is 0 Å². The predicted molar refractivity (Wildman–Crippen MR) is 93.9 cm³/mol. The van der Waals surface area contributed by atoms with E-state index in [9.17, 15) is 9.59 Å². The van der Waals surface area contributed by atoms with Crippen LogP contribution in [0, 0.1) is 13.8 Å². The third kappa shape index (κ3) is 3.05. The first-order chi connectivity index (χ1) is 12.5. The van der Waals surface area contributed by atoms with E-state index in [0.717, 1.165) is 29.9 Å². The number of hydrogen-bond donors (Lipinski definition) is 2. The number of aromatic nitrogens is 3. The molecule has 0 aromatic carbocycles. The Kier molecular flexibility index (Phi) is 4.36. The Balaban J connectivity index is 1.56. The molecule has 8 heteroatoms. The monoisotopic (exact) mass is 357 g/mol. The van der Waals surface area contributed by atoms with Crippen LogP contribution in [0.25, 0.3) is 5.65 Å². The molecule has 4 heterocycles. The highest BCUT2D eigenvalue weighted by Crippen LogP contribution is 2.23. The molecule has 2 amide bonds. The van der Waals surface area contributed by atoms with Crippen LogP contribution in [0.15, 0.2) is 12.3 Å². The molecule has 138 valence electrons. The largest absolute Gasteiger partial charge is 0.376 e. The molecule has 2 saturated heterocycles. The maximum Gasteiger partial charge on any atom is 0.254 e. The van der Waals surface area contributed by atoms with Crippen molar-refractivity contribution in [1.82, 2.24) is 25.2 Å². The van der Waals surface area contributed by atoms with Crippen LogP contribution in [0.4, 0.5) is 0 Å². The topological polar surface area (TPSA) is 97.6 Å². The molecule has 4 rings (SSSR count). The van der Waals surface area contributed by atoms with Crippen LogP contribution >= 0.6 is 0 Å². The molecule has 0 bridgehead atoms. The Morgan fingerprint density at radius 2 is 2.23 bits per heavy atom. The number of ether oxygens (including phenoxy) is 1. The van der Waals surface area contributed by atoms with Gasteiger partial charge in [0.25, 0.3) is 5.91 Å². The zero-order valence-electron chi connectivity index (χ0n) is 15.0. The minimum atomic E-state index is -0.200. The Morgan fingerprint density at radius 1 is 1.38 bits per heavy atom. The predicted octanol–water partition coefficient (Wildman–Crippen LogP) is 0.902. The quantitative estimate of drug-likeness (QED) is 0.851. The van der Waals surface area contributed by atoms with Crippen molar-refractivity contribution >= 4 is 17.5 Å². The van der Waals surface area contributed by atoms with Crippen LogP contribution in [0.2, 0.25) is 0 Å². The average Bonchev–Trinajstić information content (AvgIpc) is 3.26. The van der Waals surface area contributed by atoms with Gasteiger partial charge in [0.05, 0.1) is 35.1 Å². The molecular formula is C18H23N5O3. The highest BCUT2D eigenvalue weighted by molar-refractivity contribution is 5.95. The molecule has 2 aromatic heterocycles. The number of nitrogens with one attached hydrogen (secondary N) is 2. The van der Waals surface area contributed by atoms with Gasteiger partial charge in [-0.1, -0.05) is 0 Å². The minimum Gasteiger partial charge on any atom is -0.376 e. The fraction of sp³-hybridized carbons (Fsp3) is 0.556. The highest BCUT2D eigenvalue weighted by Gasteiger charge is 2.37. The molecule has 3 atom stereocenters. The molecule has 2 aliphatic heterocycles. The van der Waals surface area contributed by atoms with Crippen molar-refractivity contribution in [3.05, 3.63) is 29.2 Å². The molecular weight excluding hydrogens is 334 g/mol. The molecule has 26 heavy (non-hydrogen) atoms. The van der Waals surface area contributed by atoms with Crippen LogP contribution in [0.3, 0.4) is 0 Å². The van der Waals surface area contributed by atoms with Crippen molar-refractivity contribution in [2.45, 2.75) is 57.7 Å².